The molecular formula is C16H24N4S2. The maximum absolute atomic E-state index is 5.59. The van der Waals surface area contributed by atoms with Gasteiger partial charge in [-0.3, -0.25) is 0 Å². The molecule has 0 aliphatic rings. The Morgan fingerprint density at radius 2 is 1.95 bits per heavy atom. The van der Waals surface area contributed by atoms with Crippen LogP contribution in [0.5, 0.6) is 0 Å². The van der Waals surface area contributed by atoms with Gasteiger partial charge < -0.3 is 10.6 Å². The van der Waals surface area contributed by atoms with Crippen molar-refractivity contribution in [1.82, 2.24) is 15.1 Å². The molecule has 0 fully saturated rings. The molecule has 0 bridgehead atoms. The number of anilines is 1. The molecule has 0 radical (unpaired) electrons. The first-order chi connectivity index (χ1) is 10.8. The Hall–Kier alpha value is -1.11. The molecule has 22 heavy (non-hydrogen) atoms. The lowest BCUT2D eigenvalue weighted by molar-refractivity contribution is 0.279. The standard InChI is InChI=1S/C16H24N4S2/c1-2-10-20(12-9-14-7-4-3-5-8-14)11-6-13-21-16-19-18-15(17)22-16/h3-5,7-8H,2,6,9-13H2,1H3,(H2,17,18). The summed E-state index contributed by atoms with van der Waals surface area (Å²) in [5.41, 5.74) is 7.01. The van der Waals surface area contributed by atoms with E-state index in [2.05, 4.69) is 52.4 Å². The van der Waals surface area contributed by atoms with Gasteiger partial charge in [0.25, 0.3) is 0 Å². The smallest absolute Gasteiger partial charge is 0.203 e. The molecule has 0 saturated carbocycles. The zero-order chi connectivity index (χ0) is 15.6. The van der Waals surface area contributed by atoms with Crippen LogP contribution in [-0.4, -0.2) is 40.5 Å². The predicted molar refractivity (Wildman–Crippen MR) is 96.5 cm³/mol. The third-order valence-corrected chi connectivity index (χ3v) is 5.34. The quantitative estimate of drug-likeness (QED) is 0.531. The minimum atomic E-state index is 0.554. The van der Waals surface area contributed by atoms with E-state index in [0.717, 1.165) is 29.6 Å². The Bertz CT molecular complexity index is 530. The number of thioether (sulfide) groups is 1. The minimum Gasteiger partial charge on any atom is -0.374 e. The Morgan fingerprint density at radius 3 is 2.64 bits per heavy atom. The highest BCUT2D eigenvalue weighted by Gasteiger charge is 2.06. The fourth-order valence-corrected chi connectivity index (χ4v) is 3.94. The van der Waals surface area contributed by atoms with Crippen LogP contribution in [0.25, 0.3) is 0 Å². The van der Waals surface area contributed by atoms with Crippen molar-refractivity contribution in [2.45, 2.75) is 30.5 Å². The van der Waals surface area contributed by atoms with E-state index in [1.807, 2.05) is 0 Å². The van der Waals surface area contributed by atoms with Crippen LogP contribution in [0.1, 0.15) is 25.3 Å². The first kappa shape index (κ1) is 17.2. The van der Waals surface area contributed by atoms with Crippen molar-refractivity contribution in [2.24, 2.45) is 0 Å². The van der Waals surface area contributed by atoms with E-state index < -0.39 is 0 Å². The van der Waals surface area contributed by atoms with Crippen LogP contribution in [0, 0.1) is 0 Å². The van der Waals surface area contributed by atoms with Gasteiger partial charge >= 0.3 is 0 Å². The number of aromatic nitrogens is 2. The third-order valence-electron chi connectivity index (χ3n) is 3.37. The monoisotopic (exact) mass is 336 g/mol. The Labute approximate surface area is 141 Å². The van der Waals surface area contributed by atoms with Crippen LogP contribution < -0.4 is 5.73 Å². The molecule has 0 saturated heterocycles. The molecule has 0 spiro atoms. The molecule has 6 heteroatoms. The number of rotatable bonds is 10. The molecule has 0 amide bonds. The van der Waals surface area contributed by atoms with Gasteiger partial charge in [-0.1, -0.05) is 60.4 Å². The molecule has 2 rings (SSSR count). The summed E-state index contributed by atoms with van der Waals surface area (Å²) in [6.07, 6.45) is 3.49. The lowest BCUT2D eigenvalue weighted by atomic mass is 10.1. The summed E-state index contributed by atoms with van der Waals surface area (Å²) in [4.78, 5) is 2.56. The van der Waals surface area contributed by atoms with Crippen molar-refractivity contribution >= 4 is 28.2 Å². The van der Waals surface area contributed by atoms with Gasteiger partial charge in [-0.25, -0.2) is 0 Å². The normalized spacial score (nSPS) is 11.2. The topological polar surface area (TPSA) is 55.0 Å². The molecule has 4 nitrogen and oxygen atoms in total. The molecule has 0 unspecified atom stereocenters. The van der Waals surface area contributed by atoms with Crippen LogP contribution in [0.4, 0.5) is 5.13 Å². The molecule has 1 aromatic carbocycles. The van der Waals surface area contributed by atoms with E-state index in [-0.39, 0.29) is 0 Å². The number of nitrogens with zero attached hydrogens (tertiary/aromatic N) is 3. The van der Waals surface area contributed by atoms with Crippen molar-refractivity contribution in [3.63, 3.8) is 0 Å². The molecule has 1 heterocycles. The first-order valence-corrected chi connectivity index (χ1v) is 9.56. The SMILES string of the molecule is CCCN(CCCSc1nnc(N)s1)CCc1ccccc1. The molecule has 1 aromatic heterocycles. The summed E-state index contributed by atoms with van der Waals surface area (Å²) in [6.45, 7) is 5.69. The summed E-state index contributed by atoms with van der Waals surface area (Å²) >= 11 is 3.22. The van der Waals surface area contributed by atoms with Gasteiger partial charge in [0.1, 0.15) is 0 Å². The van der Waals surface area contributed by atoms with Crippen LogP contribution in [0.15, 0.2) is 34.7 Å². The average Bonchev–Trinajstić information content (AvgIpc) is 2.95. The van der Waals surface area contributed by atoms with Crippen LogP contribution in [0.2, 0.25) is 0 Å². The maximum Gasteiger partial charge on any atom is 0.203 e. The average molecular weight is 337 g/mol. The second-order valence-corrected chi connectivity index (χ2v) is 7.54. The highest BCUT2D eigenvalue weighted by Crippen LogP contribution is 2.23. The van der Waals surface area contributed by atoms with Crippen molar-refractivity contribution in [3.05, 3.63) is 35.9 Å². The summed E-state index contributed by atoms with van der Waals surface area (Å²) in [7, 11) is 0. The molecule has 120 valence electrons. The zero-order valence-corrected chi connectivity index (χ0v) is 14.7. The lowest BCUT2D eigenvalue weighted by Gasteiger charge is -2.21. The largest absolute Gasteiger partial charge is 0.374 e. The number of hydrogen-bond donors (Lipinski definition) is 1. The molecule has 2 aromatic rings. The molecule has 0 aliphatic heterocycles. The third kappa shape index (κ3) is 6.34. The van der Waals surface area contributed by atoms with E-state index >= 15 is 0 Å². The predicted octanol–water partition coefficient (Wildman–Crippen LogP) is 3.56. The zero-order valence-electron chi connectivity index (χ0n) is 13.1. The van der Waals surface area contributed by atoms with E-state index in [1.165, 1.54) is 36.3 Å². The second-order valence-electron chi connectivity index (χ2n) is 5.19. The van der Waals surface area contributed by atoms with E-state index in [9.17, 15) is 0 Å². The van der Waals surface area contributed by atoms with Crippen LogP contribution in [-0.2, 0) is 6.42 Å². The highest BCUT2D eigenvalue weighted by molar-refractivity contribution is 8.01. The van der Waals surface area contributed by atoms with Gasteiger partial charge in [0, 0.05) is 12.3 Å². The van der Waals surface area contributed by atoms with Gasteiger partial charge in [-0.2, -0.15) is 0 Å². The first-order valence-electron chi connectivity index (χ1n) is 7.76. The maximum atomic E-state index is 5.59. The molecular weight excluding hydrogens is 312 g/mol. The Morgan fingerprint density at radius 1 is 1.14 bits per heavy atom. The van der Waals surface area contributed by atoms with Crippen molar-refractivity contribution < 1.29 is 0 Å². The molecule has 2 N–H and O–H groups in total. The van der Waals surface area contributed by atoms with Crippen LogP contribution in [0.3, 0.4) is 0 Å². The Kier molecular flexibility index (Phi) is 7.70. The molecule has 0 aliphatic carbocycles. The Balaban J connectivity index is 1.67. The van der Waals surface area contributed by atoms with Gasteiger partial charge in [-0.15, -0.1) is 10.2 Å². The van der Waals surface area contributed by atoms with Gasteiger partial charge in [0.05, 0.1) is 0 Å². The number of nitrogens with two attached hydrogens (primary N) is 1. The van der Waals surface area contributed by atoms with Gasteiger partial charge in [-0.05, 0) is 37.9 Å². The number of hydrogen-bond acceptors (Lipinski definition) is 6. The highest BCUT2D eigenvalue weighted by atomic mass is 32.2. The van der Waals surface area contributed by atoms with E-state index in [1.54, 1.807) is 11.8 Å². The summed E-state index contributed by atoms with van der Waals surface area (Å²) < 4.78 is 0.976. The number of nitrogen functional groups attached to an aromatic ring is 1. The van der Waals surface area contributed by atoms with E-state index in [4.69, 9.17) is 5.73 Å². The van der Waals surface area contributed by atoms with Crippen LogP contribution >= 0.6 is 23.1 Å². The van der Waals surface area contributed by atoms with Crippen molar-refractivity contribution in [3.8, 4) is 0 Å². The molecule has 0 atom stereocenters. The minimum absolute atomic E-state index is 0.554. The van der Waals surface area contributed by atoms with Crippen molar-refractivity contribution in [2.75, 3.05) is 31.1 Å². The van der Waals surface area contributed by atoms with Crippen molar-refractivity contribution in [1.29, 1.82) is 0 Å². The van der Waals surface area contributed by atoms with Gasteiger partial charge in [0.15, 0.2) is 4.34 Å². The second kappa shape index (κ2) is 9.82. The summed E-state index contributed by atoms with van der Waals surface area (Å²) in [6, 6.07) is 10.7. The number of benzene rings is 1. The lowest BCUT2D eigenvalue weighted by Crippen LogP contribution is -2.28. The summed E-state index contributed by atoms with van der Waals surface area (Å²) in [5.74, 6) is 1.07. The van der Waals surface area contributed by atoms with Gasteiger partial charge in [0.2, 0.25) is 5.13 Å². The fourth-order valence-electron chi connectivity index (χ4n) is 2.31. The fraction of sp³-hybridized carbons (Fsp3) is 0.500. The van der Waals surface area contributed by atoms with E-state index in [0.29, 0.717) is 5.13 Å². The summed E-state index contributed by atoms with van der Waals surface area (Å²) in [5, 5.41) is 8.43.